The summed E-state index contributed by atoms with van der Waals surface area (Å²) in [6, 6.07) is 0. The molecule has 0 spiro atoms. The Hall–Kier alpha value is -1.66. The monoisotopic (exact) mass is 310 g/mol. The van der Waals surface area contributed by atoms with Crippen molar-refractivity contribution in [3.05, 3.63) is 24.3 Å². The molecule has 0 radical (unpaired) electrons. The summed E-state index contributed by atoms with van der Waals surface area (Å²) in [6.07, 6.45) is 7.48. The molecule has 22 heavy (non-hydrogen) atoms. The van der Waals surface area contributed by atoms with Gasteiger partial charge in [-0.15, -0.1) is 0 Å². The fraction of sp³-hybridized carbons (Fsp3) is 0.625. The highest BCUT2D eigenvalue weighted by atomic mass is 16.6. The minimum Gasteiger partial charge on any atom is -0.389 e. The number of nitrogens with zero attached hydrogens (tertiary/aromatic N) is 4. The van der Waals surface area contributed by atoms with E-state index in [1.165, 1.54) is 0 Å². The molecule has 0 atom stereocenters. The van der Waals surface area contributed by atoms with Crippen molar-refractivity contribution >= 4 is 11.4 Å². The summed E-state index contributed by atoms with van der Waals surface area (Å²) < 4.78 is 1.72. The van der Waals surface area contributed by atoms with Gasteiger partial charge in [-0.25, -0.2) is 0 Å². The van der Waals surface area contributed by atoms with Crippen molar-refractivity contribution in [2.24, 2.45) is 10.3 Å². The van der Waals surface area contributed by atoms with Crippen LogP contribution in [0.25, 0.3) is 0 Å². The van der Waals surface area contributed by atoms with E-state index in [4.69, 9.17) is 9.68 Å². The van der Waals surface area contributed by atoms with E-state index in [0.717, 1.165) is 33.5 Å². The SMILES string of the molecule is C[N+](C)(C)CCON=C1C=CC(=NOCC[N+](C)(C)C)C=C1. The second-order valence-electron chi connectivity index (χ2n) is 7.39. The molecule has 124 valence electrons. The molecule has 6 nitrogen and oxygen atoms in total. The van der Waals surface area contributed by atoms with Crippen LogP contribution in [0.5, 0.6) is 0 Å². The first kappa shape index (κ1) is 18.4. The summed E-state index contributed by atoms with van der Waals surface area (Å²) in [5.41, 5.74) is 1.57. The lowest BCUT2D eigenvalue weighted by molar-refractivity contribution is -0.870. The van der Waals surface area contributed by atoms with Gasteiger partial charge in [-0.2, -0.15) is 0 Å². The summed E-state index contributed by atoms with van der Waals surface area (Å²) in [7, 11) is 12.7. The first-order valence-corrected chi connectivity index (χ1v) is 7.53. The largest absolute Gasteiger partial charge is 0.389 e. The van der Waals surface area contributed by atoms with Gasteiger partial charge in [-0.05, 0) is 24.3 Å². The number of allylic oxidation sites excluding steroid dienone is 4. The van der Waals surface area contributed by atoms with E-state index in [1.807, 2.05) is 24.3 Å². The summed E-state index contributed by atoms with van der Waals surface area (Å²) in [4.78, 5) is 10.6. The molecular formula is C16H30N4O2+2. The van der Waals surface area contributed by atoms with Crippen LogP contribution in [0.2, 0.25) is 0 Å². The first-order chi connectivity index (χ1) is 10.2. The maximum Gasteiger partial charge on any atom is 0.165 e. The fourth-order valence-corrected chi connectivity index (χ4v) is 1.44. The van der Waals surface area contributed by atoms with Gasteiger partial charge in [0.05, 0.1) is 42.3 Å². The highest BCUT2D eigenvalue weighted by Crippen LogP contribution is 2.00. The van der Waals surface area contributed by atoms with Gasteiger partial charge in [-0.1, -0.05) is 10.3 Å². The van der Waals surface area contributed by atoms with Gasteiger partial charge in [0.2, 0.25) is 0 Å². The van der Waals surface area contributed by atoms with Crippen LogP contribution in [0.3, 0.4) is 0 Å². The molecule has 0 aromatic rings. The van der Waals surface area contributed by atoms with Crippen LogP contribution in [0.4, 0.5) is 0 Å². The van der Waals surface area contributed by atoms with Gasteiger partial charge in [0.15, 0.2) is 13.2 Å². The Kier molecular flexibility index (Phi) is 6.77. The van der Waals surface area contributed by atoms with Crippen molar-refractivity contribution < 1.29 is 18.6 Å². The van der Waals surface area contributed by atoms with Crippen LogP contribution in [0.1, 0.15) is 0 Å². The van der Waals surface area contributed by atoms with Crippen LogP contribution >= 0.6 is 0 Å². The van der Waals surface area contributed by atoms with Gasteiger partial charge in [0.1, 0.15) is 24.5 Å². The number of oxime groups is 2. The van der Waals surface area contributed by atoms with Crippen LogP contribution < -0.4 is 0 Å². The Morgan fingerprint density at radius 3 is 1.27 bits per heavy atom. The molecule has 1 aliphatic rings. The molecule has 6 heteroatoms. The van der Waals surface area contributed by atoms with Gasteiger partial charge < -0.3 is 18.6 Å². The van der Waals surface area contributed by atoms with Crippen LogP contribution in [-0.4, -0.2) is 89.0 Å². The lowest BCUT2D eigenvalue weighted by atomic mass is 10.1. The van der Waals surface area contributed by atoms with Gasteiger partial charge in [0, 0.05) is 0 Å². The van der Waals surface area contributed by atoms with Crippen LogP contribution in [0.15, 0.2) is 34.6 Å². The molecule has 0 amide bonds. The Balaban J connectivity index is 2.32. The summed E-state index contributed by atoms with van der Waals surface area (Å²) in [6.45, 7) is 3.03. The zero-order valence-electron chi connectivity index (χ0n) is 14.7. The standard InChI is InChI=1S/C16H30N4O2/c1-19(2,3)11-13-21-17-15-7-9-16(10-8-15)18-22-14-12-20(4,5)6/h7-10H,11-14H2,1-6H3/q+2. The zero-order valence-corrected chi connectivity index (χ0v) is 14.7. The highest BCUT2D eigenvalue weighted by Gasteiger charge is 2.07. The normalized spacial score (nSPS) is 15.0. The predicted molar refractivity (Wildman–Crippen MR) is 90.9 cm³/mol. The van der Waals surface area contributed by atoms with Crippen molar-refractivity contribution in [3.8, 4) is 0 Å². The molecule has 0 aromatic carbocycles. The molecule has 0 saturated carbocycles. The minimum absolute atomic E-state index is 0.601. The van der Waals surface area contributed by atoms with Crippen molar-refractivity contribution in [1.82, 2.24) is 0 Å². The molecule has 0 aliphatic heterocycles. The van der Waals surface area contributed by atoms with Crippen molar-refractivity contribution in [3.63, 3.8) is 0 Å². The Morgan fingerprint density at radius 1 is 0.682 bits per heavy atom. The average molecular weight is 310 g/mol. The van der Waals surface area contributed by atoms with Gasteiger partial charge in [-0.3, -0.25) is 0 Å². The van der Waals surface area contributed by atoms with E-state index in [1.54, 1.807) is 0 Å². The quantitative estimate of drug-likeness (QED) is 0.293. The Bertz CT molecular complexity index is 406. The predicted octanol–water partition coefficient (Wildman–Crippen LogP) is 1.27. The second kappa shape index (κ2) is 8.10. The van der Waals surface area contributed by atoms with Crippen LogP contribution in [0, 0.1) is 0 Å². The summed E-state index contributed by atoms with van der Waals surface area (Å²) >= 11 is 0. The van der Waals surface area contributed by atoms with E-state index in [-0.39, 0.29) is 0 Å². The number of rotatable bonds is 8. The number of hydrogen-bond donors (Lipinski definition) is 0. The highest BCUT2D eigenvalue weighted by molar-refractivity contribution is 6.18. The number of likely N-dealkylation sites (N-methyl/N-ethyl adjacent to an activating group) is 2. The fourth-order valence-electron chi connectivity index (χ4n) is 1.44. The Morgan fingerprint density at radius 2 is 1.00 bits per heavy atom. The zero-order chi connectivity index (χ0) is 16.6. The number of quaternary nitrogens is 2. The molecule has 0 saturated heterocycles. The molecular weight excluding hydrogens is 280 g/mol. The van der Waals surface area contributed by atoms with Crippen molar-refractivity contribution in [1.29, 1.82) is 0 Å². The van der Waals surface area contributed by atoms with E-state index in [2.05, 4.69) is 52.6 Å². The average Bonchev–Trinajstić information content (AvgIpc) is 2.39. The molecule has 0 fully saturated rings. The smallest absolute Gasteiger partial charge is 0.165 e. The molecule has 1 rings (SSSR count). The third kappa shape index (κ3) is 9.31. The topological polar surface area (TPSA) is 43.2 Å². The van der Waals surface area contributed by atoms with E-state index < -0.39 is 0 Å². The van der Waals surface area contributed by atoms with Crippen molar-refractivity contribution in [2.45, 2.75) is 0 Å². The van der Waals surface area contributed by atoms with Gasteiger partial charge >= 0.3 is 0 Å². The molecule has 0 bridgehead atoms. The molecule has 1 aliphatic carbocycles. The van der Waals surface area contributed by atoms with E-state index in [9.17, 15) is 0 Å². The minimum atomic E-state index is 0.601. The van der Waals surface area contributed by atoms with Crippen molar-refractivity contribution in [2.75, 3.05) is 68.6 Å². The molecule has 0 heterocycles. The third-order valence-corrected chi connectivity index (χ3v) is 2.90. The third-order valence-electron chi connectivity index (χ3n) is 2.90. The molecule has 0 aromatic heterocycles. The summed E-state index contributed by atoms with van der Waals surface area (Å²) in [5, 5.41) is 8.17. The lowest BCUT2D eigenvalue weighted by Gasteiger charge is -2.22. The number of hydrogen-bond acceptors (Lipinski definition) is 4. The molecule has 0 unspecified atom stereocenters. The van der Waals surface area contributed by atoms with Gasteiger partial charge in [0.25, 0.3) is 0 Å². The van der Waals surface area contributed by atoms with E-state index in [0.29, 0.717) is 13.2 Å². The Labute approximate surface area is 134 Å². The lowest BCUT2D eigenvalue weighted by Crippen LogP contribution is -2.37. The molecule has 0 N–H and O–H groups in total. The maximum atomic E-state index is 5.32. The summed E-state index contributed by atoms with van der Waals surface area (Å²) in [5.74, 6) is 0. The van der Waals surface area contributed by atoms with E-state index >= 15 is 0 Å². The van der Waals surface area contributed by atoms with Crippen LogP contribution in [-0.2, 0) is 9.68 Å². The maximum absolute atomic E-state index is 5.32. The first-order valence-electron chi connectivity index (χ1n) is 7.53. The second-order valence-corrected chi connectivity index (χ2v) is 7.39.